The molecule has 1 rings (SSSR count). The summed E-state index contributed by atoms with van der Waals surface area (Å²) >= 11 is 0. The highest BCUT2D eigenvalue weighted by molar-refractivity contribution is 6.20. The van der Waals surface area contributed by atoms with Crippen molar-refractivity contribution in [3.8, 4) is 0 Å². The third-order valence-electron chi connectivity index (χ3n) is 7.96. The van der Waals surface area contributed by atoms with Gasteiger partial charge in [0.15, 0.2) is 23.3 Å². The van der Waals surface area contributed by atoms with Crippen LogP contribution in [-0.2, 0) is 33.6 Å². The lowest BCUT2D eigenvalue weighted by Gasteiger charge is -2.47. The standard InChI is InChI=1S/C26H45N9O9/c1-2-3-4-7-25(20(40)14(28)6-5-8-34-24(32)33)13(17(36)11-27)12-35(22(42)16(30)9-18(31)37)26(25,23(43)44)21(41)15(29)10-19(38)39/h13-16H,2-12,27-30H2,1H3,(H2,31,37)(H,38,39)(H,43,44)(H4,32,33,34). The molecular weight excluding hydrogens is 582 g/mol. The molecule has 18 heteroatoms. The number of carboxylic acids is 2. The quantitative estimate of drug-likeness (QED) is 0.0267. The van der Waals surface area contributed by atoms with Gasteiger partial charge in [-0.1, -0.05) is 26.2 Å². The number of aliphatic carboxylic acids is 2. The molecule has 6 atom stereocenters. The highest BCUT2D eigenvalue weighted by atomic mass is 16.4. The zero-order chi connectivity index (χ0) is 34.0. The number of carbonyl (C=O) groups is 7. The lowest BCUT2D eigenvalue weighted by atomic mass is 9.55. The Hall–Kier alpha value is -4.00. The molecule has 0 aliphatic carbocycles. The molecular formula is C26H45N9O9. The average molecular weight is 628 g/mol. The van der Waals surface area contributed by atoms with Crippen LogP contribution in [-0.4, -0.2) is 105 Å². The molecule has 0 aromatic rings. The molecule has 0 saturated carbocycles. The van der Waals surface area contributed by atoms with E-state index in [2.05, 4.69) is 5.32 Å². The van der Waals surface area contributed by atoms with E-state index in [9.17, 15) is 43.8 Å². The number of hydrogen-bond acceptors (Lipinski definition) is 12. The number of carbonyl (C=O) groups excluding carboxylic acids is 5. The lowest BCUT2D eigenvalue weighted by molar-refractivity contribution is -0.175. The van der Waals surface area contributed by atoms with E-state index in [1.807, 2.05) is 0 Å². The van der Waals surface area contributed by atoms with Gasteiger partial charge in [-0.3, -0.25) is 34.2 Å². The molecule has 16 N–H and O–H groups in total. The minimum atomic E-state index is -3.26. The number of guanidine groups is 1. The van der Waals surface area contributed by atoms with Gasteiger partial charge in [0.05, 0.1) is 48.8 Å². The molecule has 0 aromatic heterocycles. The number of likely N-dealkylation sites (tertiary alicyclic amines) is 1. The monoisotopic (exact) mass is 627 g/mol. The minimum absolute atomic E-state index is 0.0844. The van der Waals surface area contributed by atoms with Crippen molar-refractivity contribution >= 4 is 47.1 Å². The fraction of sp³-hybridized carbons (Fsp3) is 0.692. The van der Waals surface area contributed by atoms with Crippen molar-refractivity contribution in [2.45, 2.75) is 82.0 Å². The lowest BCUT2D eigenvalue weighted by Crippen LogP contribution is -2.74. The van der Waals surface area contributed by atoms with Gasteiger partial charge >= 0.3 is 11.9 Å². The number of carboxylic acid groups (broad SMARTS) is 2. The number of rotatable bonds is 20. The molecule has 44 heavy (non-hydrogen) atoms. The Kier molecular flexibility index (Phi) is 14.0. The third kappa shape index (κ3) is 7.74. The fourth-order valence-electron chi connectivity index (χ4n) is 6.05. The number of nitrogens with zero attached hydrogens (tertiary/aromatic N) is 1. The van der Waals surface area contributed by atoms with Crippen molar-refractivity contribution < 1.29 is 43.8 Å². The smallest absolute Gasteiger partial charge is 0.338 e. The van der Waals surface area contributed by atoms with Crippen LogP contribution < -0.4 is 39.7 Å². The first-order chi connectivity index (χ1) is 20.5. The molecule has 6 unspecified atom stereocenters. The van der Waals surface area contributed by atoms with Crippen LogP contribution in [0.25, 0.3) is 0 Å². The topological polar surface area (TPSA) is 355 Å². The van der Waals surface area contributed by atoms with Crippen molar-refractivity contribution in [3.05, 3.63) is 0 Å². The maximum Gasteiger partial charge on any atom is 0.338 e. The molecule has 0 spiro atoms. The van der Waals surface area contributed by atoms with Gasteiger partial charge in [0.2, 0.25) is 17.4 Å². The van der Waals surface area contributed by atoms with E-state index in [4.69, 9.17) is 39.8 Å². The van der Waals surface area contributed by atoms with Crippen LogP contribution in [0, 0.1) is 16.7 Å². The second-order valence-electron chi connectivity index (χ2n) is 10.9. The van der Waals surface area contributed by atoms with Gasteiger partial charge in [0.25, 0.3) is 0 Å². The molecule has 1 aliphatic rings. The summed E-state index contributed by atoms with van der Waals surface area (Å²) in [6, 6.07) is -5.36. The summed E-state index contributed by atoms with van der Waals surface area (Å²) in [4.78, 5) is 93.3. The van der Waals surface area contributed by atoms with Crippen LogP contribution in [0.2, 0.25) is 0 Å². The number of nitrogens with one attached hydrogen (secondary N) is 2. The number of unbranched alkanes of at least 4 members (excludes halogenated alkanes) is 2. The van der Waals surface area contributed by atoms with E-state index in [0.717, 1.165) is 0 Å². The summed E-state index contributed by atoms with van der Waals surface area (Å²) in [5.74, 6) is -11.5. The predicted molar refractivity (Wildman–Crippen MR) is 155 cm³/mol. The van der Waals surface area contributed by atoms with Crippen molar-refractivity contribution in [3.63, 3.8) is 0 Å². The molecule has 1 heterocycles. The van der Waals surface area contributed by atoms with Gasteiger partial charge in [-0.2, -0.15) is 0 Å². The average Bonchev–Trinajstić information content (AvgIpc) is 3.25. The van der Waals surface area contributed by atoms with Crippen LogP contribution in [0.1, 0.15) is 58.3 Å². The Morgan fingerprint density at radius 2 is 1.55 bits per heavy atom. The maximum absolute atomic E-state index is 14.6. The molecule has 0 radical (unpaired) electrons. The zero-order valence-electron chi connectivity index (χ0n) is 24.8. The second-order valence-corrected chi connectivity index (χ2v) is 10.9. The Morgan fingerprint density at radius 3 is 2.02 bits per heavy atom. The largest absolute Gasteiger partial charge is 0.481 e. The van der Waals surface area contributed by atoms with Crippen molar-refractivity contribution in [2.24, 2.45) is 45.7 Å². The molecule has 1 fully saturated rings. The van der Waals surface area contributed by atoms with Crippen LogP contribution in [0.4, 0.5) is 0 Å². The van der Waals surface area contributed by atoms with Gasteiger partial charge in [0.1, 0.15) is 0 Å². The van der Waals surface area contributed by atoms with E-state index in [-0.39, 0.29) is 31.8 Å². The first-order valence-corrected chi connectivity index (χ1v) is 14.2. The highest BCUT2D eigenvalue weighted by Gasteiger charge is 2.77. The van der Waals surface area contributed by atoms with Gasteiger partial charge in [-0.25, -0.2) is 4.79 Å². The fourth-order valence-corrected chi connectivity index (χ4v) is 6.05. The van der Waals surface area contributed by atoms with Crippen molar-refractivity contribution in [1.29, 1.82) is 5.41 Å². The Labute approximate surface area is 254 Å². The number of amides is 2. The molecule has 0 bridgehead atoms. The maximum atomic E-state index is 14.6. The molecule has 18 nitrogen and oxygen atoms in total. The minimum Gasteiger partial charge on any atom is -0.481 e. The van der Waals surface area contributed by atoms with E-state index in [1.54, 1.807) is 6.92 Å². The van der Waals surface area contributed by atoms with Crippen LogP contribution >= 0.6 is 0 Å². The van der Waals surface area contributed by atoms with Crippen LogP contribution in [0.15, 0.2) is 0 Å². The zero-order valence-corrected chi connectivity index (χ0v) is 24.8. The Balaban J connectivity index is 4.19. The Bertz CT molecular complexity index is 1150. The summed E-state index contributed by atoms with van der Waals surface area (Å²) in [5, 5.41) is 30.1. The van der Waals surface area contributed by atoms with E-state index >= 15 is 0 Å². The summed E-state index contributed by atoms with van der Waals surface area (Å²) in [6.07, 6.45) is -1.25. The third-order valence-corrected chi connectivity index (χ3v) is 7.96. The first-order valence-electron chi connectivity index (χ1n) is 14.2. The summed E-state index contributed by atoms with van der Waals surface area (Å²) in [5.41, 5.74) is 28.5. The van der Waals surface area contributed by atoms with Crippen LogP contribution in [0.5, 0.6) is 0 Å². The van der Waals surface area contributed by atoms with Gasteiger partial charge in [-0.15, -0.1) is 0 Å². The molecule has 248 valence electrons. The van der Waals surface area contributed by atoms with Gasteiger partial charge in [0, 0.05) is 13.1 Å². The summed E-state index contributed by atoms with van der Waals surface area (Å²) < 4.78 is 0. The van der Waals surface area contributed by atoms with Crippen molar-refractivity contribution in [1.82, 2.24) is 10.2 Å². The van der Waals surface area contributed by atoms with E-state index in [1.165, 1.54) is 0 Å². The number of primary amides is 1. The Morgan fingerprint density at radius 1 is 0.932 bits per heavy atom. The second kappa shape index (κ2) is 16.2. The number of Topliss-reactive ketones (excluding diaryl/α,β-unsaturated/α-hetero) is 3. The predicted octanol–water partition coefficient (Wildman–Crippen LogP) is -3.90. The summed E-state index contributed by atoms with van der Waals surface area (Å²) in [6.45, 7) is 0.348. The van der Waals surface area contributed by atoms with E-state index < -0.39 is 108 Å². The molecule has 0 aromatic carbocycles. The number of hydrogen-bond donors (Lipinski definition) is 10. The van der Waals surface area contributed by atoms with Gasteiger partial charge in [-0.05, 0) is 19.3 Å². The number of ketones is 3. The molecule has 1 aliphatic heterocycles. The summed E-state index contributed by atoms with van der Waals surface area (Å²) in [7, 11) is 0. The SMILES string of the molecule is CCCCCC1(C(=O)C(N)CCCNC(=N)N)C(C(=O)CN)CN(C(=O)C(N)CC(N)=O)C1(C(=O)O)C(=O)C(N)CC(=O)O. The van der Waals surface area contributed by atoms with Crippen LogP contribution in [0.3, 0.4) is 0 Å². The van der Waals surface area contributed by atoms with Crippen molar-refractivity contribution in [2.75, 3.05) is 19.6 Å². The van der Waals surface area contributed by atoms with E-state index in [0.29, 0.717) is 17.7 Å². The highest BCUT2D eigenvalue weighted by Crippen LogP contribution is 2.56. The first kappa shape index (κ1) is 38.0. The molecule has 1 saturated heterocycles. The normalized spacial score (nSPS) is 23.3. The number of nitrogens with two attached hydrogens (primary N) is 6. The molecule has 2 amide bonds. The van der Waals surface area contributed by atoms with Gasteiger partial charge < -0.3 is 54.8 Å².